The third-order valence-electron chi connectivity index (χ3n) is 3.84. The number of ether oxygens (including phenoxy) is 2. The van der Waals surface area contributed by atoms with Gasteiger partial charge in [-0.25, -0.2) is 4.79 Å². The van der Waals surface area contributed by atoms with Crippen LogP contribution in [-0.4, -0.2) is 44.2 Å². The van der Waals surface area contributed by atoms with Gasteiger partial charge in [0.05, 0.1) is 18.7 Å². The first-order valence-corrected chi connectivity index (χ1v) is 7.41. The van der Waals surface area contributed by atoms with Gasteiger partial charge in [-0.05, 0) is 45.0 Å². The third-order valence-corrected chi connectivity index (χ3v) is 4.12. The molecule has 2 rings (SSSR count). The van der Waals surface area contributed by atoms with Crippen LogP contribution in [0, 0.1) is 0 Å². The first kappa shape index (κ1) is 15.9. The molecule has 0 aromatic heterocycles. The van der Waals surface area contributed by atoms with Gasteiger partial charge in [0.1, 0.15) is 5.56 Å². The van der Waals surface area contributed by atoms with Crippen LogP contribution in [-0.2, 0) is 4.74 Å². The van der Waals surface area contributed by atoms with Crippen LogP contribution >= 0.6 is 11.6 Å². The first-order chi connectivity index (χ1) is 10.0. The summed E-state index contributed by atoms with van der Waals surface area (Å²) in [6.07, 6.45) is 3.30. The normalized spacial score (nSPS) is 18.7. The maximum absolute atomic E-state index is 11.8. The summed E-state index contributed by atoms with van der Waals surface area (Å²) in [7, 11) is 3.43. The quantitative estimate of drug-likeness (QED) is 0.668. The lowest BCUT2D eigenvalue weighted by Gasteiger charge is -2.20. The van der Waals surface area contributed by atoms with Gasteiger partial charge in [0, 0.05) is 11.7 Å². The van der Waals surface area contributed by atoms with E-state index in [1.807, 2.05) is 0 Å². The number of carbonyl (C=O) groups is 1. The van der Waals surface area contributed by atoms with Crippen molar-refractivity contribution < 1.29 is 14.3 Å². The van der Waals surface area contributed by atoms with Crippen molar-refractivity contribution in [1.82, 2.24) is 4.90 Å². The van der Waals surface area contributed by atoms with Gasteiger partial charge in [-0.1, -0.05) is 11.6 Å². The molecule has 1 atom stereocenters. The molecule has 21 heavy (non-hydrogen) atoms. The Hall–Kier alpha value is -1.46. The van der Waals surface area contributed by atoms with E-state index in [9.17, 15) is 4.79 Å². The molecule has 1 aliphatic heterocycles. The van der Waals surface area contributed by atoms with Crippen molar-refractivity contribution >= 4 is 23.3 Å². The fourth-order valence-corrected chi connectivity index (χ4v) is 2.95. The summed E-state index contributed by atoms with van der Waals surface area (Å²) in [5.74, 6) is -0.157. The van der Waals surface area contributed by atoms with Gasteiger partial charge in [0.2, 0.25) is 0 Å². The Balaban J connectivity index is 2.06. The number of methoxy groups -OCH3 is 1. The second kappa shape index (κ2) is 7.00. The average Bonchev–Trinajstić information content (AvgIpc) is 2.85. The molecule has 1 aromatic rings. The topological polar surface area (TPSA) is 64.8 Å². The SMILES string of the molecule is COC(=O)c1cc(N)cc(Cl)c1OCCC1CCCN1C. The Bertz CT molecular complexity index is 522. The number of halogens is 1. The van der Waals surface area contributed by atoms with Crippen LogP contribution in [0.5, 0.6) is 5.75 Å². The zero-order valence-electron chi connectivity index (χ0n) is 12.4. The maximum Gasteiger partial charge on any atom is 0.341 e. The number of nitrogen functional groups attached to an aromatic ring is 1. The summed E-state index contributed by atoms with van der Waals surface area (Å²) in [6, 6.07) is 3.62. The summed E-state index contributed by atoms with van der Waals surface area (Å²) in [5.41, 5.74) is 6.38. The van der Waals surface area contributed by atoms with E-state index in [4.69, 9.17) is 26.8 Å². The van der Waals surface area contributed by atoms with Crippen LogP contribution < -0.4 is 10.5 Å². The number of likely N-dealkylation sites (tertiary alicyclic amines) is 1. The number of nitrogens with two attached hydrogens (primary N) is 1. The lowest BCUT2D eigenvalue weighted by atomic mass is 10.1. The number of carbonyl (C=O) groups excluding carboxylic acids is 1. The molecule has 2 N–H and O–H groups in total. The van der Waals surface area contributed by atoms with Crippen molar-refractivity contribution in [3.05, 3.63) is 22.7 Å². The molecule has 1 aromatic carbocycles. The summed E-state index contributed by atoms with van der Waals surface area (Å²) in [4.78, 5) is 14.1. The summed E-state index contributed by atoms with van der Waals surface area (Å²) < 4.78 is 10.5. The number of esters is 1. The zero-order valence-corrected chi connectivity index (χ0v) is 13.2. The lowest BCUT2D eigenvalue weighted by Crippen LogP contribution is -2.26. The fourth-order valence-electron chi connectivity index (χ4n) is 2.66. The predicted molar refractivity (Wildman–Crippen MR) is 83.0 cm³/mol. The number of hydrogen-bond acceptors (Lipinski definition) is 5. The van der Waals surface area contributed by atoms with Crippen LogP contribution in [0.15, 0.2) is 12.1 Å². The molecule has 5 nitrogen and oxygen atoms in total. The highest BCUT2D eigenvalue weighted by Crippen LogP contribution is 2.32. The fraction of sp³-hybridized carbons (Fsp3) is 0.533. The van der Waals surface area contributed by atoms with Crippen LogP contribution in [0.4, 0.5) is 5.69 Å². The van der Waals surface area contributed by atoms with Gasteiger partial charge in [0.25, 0.3) is 0 Å². The molecular formula is C15H21ClN2O3. The van der Waals surface area contributed by atoms with Crippen LogP contribution in [0.25, 0.3) is 0 Å². The van der Waals surface area contributed by atoms with Crippen molar-refractivity contribution in [3.63, 3.8) is 0 Å². The number of benzene rings is 1. The summed E-state index contributed by atoms with van der Waals surface area (Å²) in [6.45, 7) is 1.63. The van der Waals surface area contributed by atoms with E-state index in [1.165, 1.54) is 26.0 Å². The minimum atomic E-state index is -0.503. The van der Waals surface area contributed by atoms with Gasteiger partial charge in [-0.15, -0.1) is 0 Å². The van der Waals surface area contributed by atoms with E-state index in [0.717, 1.165) is 13.0 Å². The average molecular weight is 313 g/mol. The van der Waals surface area contributed by atoms with Crippen LogP contribution in [0.2, 0.25) is 5.02 Å². The zero-order chi connectivity index (χ0) is 15.4. The molecule has 0 radical (unpaired) electrons. The molecule has 0 bridgehead atoms. The van der Waals surface area contributed by atoms with E-state index in [-0.39, 0.29) is 5.56 Å². The molecule has 1 unspecified atom stereocenters. The standard InChI is InChI=1S/C15H21ClN2O3/c1-18-6-3-4-11(18)5-7-21-14-12(15(19)20-2)8-10(17)9-13(14)16/h8-9,11H,3-7,17H2,1-2H3. The van der Waals surface area contributed by atoms with Crippen molar-refractivity contribution in [2.24, 2.45) is 0 Å². The summed E-state index contributed by atoms with van der Waals surface area (Å²) in [5, 5.41) is 0.329. The molecule has 1 fully saturated rings. The van der Waals surface area contributed by atoms with Gasteiger partial charge in [-0.2, -0.15) is 0 Å². The van der Waals surface area contributed by atoms with Gasteiger partial charge >= 0.3 is 5.97 Å². The van der Waals surface area contributed by atoms with Gasteiger partial charge < -0.3 is 20.1 Å². The molecule has 1 heterocycles. The molecule has 1 saturated heterocycles. The maximum atomic E-state index is 11.8. The Labute approximate surface area is 130 Å². The summed E-state index contributed by atoms with van der Waals surface area (Å²) >= 11 is 6.14. The second-order valence-electron chi connectivity index (χ2n) is 5.28. The van der Waals surface area contributed by atoms with E-state index < -0.39 is 5.97 Å². The van der Waals surface area contributed by atoms with Crippen molar-refractivity contribution in [3.8, 4) is 5.75 Å². The molecule has 0 spiro atoms. The van der Waals surface area contributed by atoms with Crippen molar-refractivity contribution in [2.75, 3.05) is 33.0 Å². The van der Waals surface area contributed by atoms with Crippen LogP contribution in [0.1, 0.15) is 29.6 Å². The smallest absolute Gasteiger partial charge is 0.341 e. The van der Waals surface area contributed by atoms with E-state index in [1.54, 1.807) is 6.07 Å². The van der Waals surface area contributed by atoms with E-state index in [2.05, 4.69) is 11.9 Å². The Morgan fingerprint density at radius 3 is 2.90 bits per heavy atom. The third kappa shape index (κ3) is 3.80. The minimum Gasteiger partial charge on any atom is -0.491 e. The number of nitrogens with zero attached hydrogens (tertiary/aromatic N) is 1. The number of hydrogen-bond donors (Lipinski definition) is 1. The van der Waals surface area contributed by atoms with E-state index in [0.29, 0.717) is 29.1 Å². The highest BCUT2D eigenvalue weighted by molar-refractivity contribution is 6.33. The molecule has 1 aliphatic rings. The van der Waals surface area contributed by atoms with Gasteiger partial charge in [-0.3, -0.25) is 0 Å². The molecule has 6 heteroatoms. The van der Waals surface area contributed by atoms with E-state index >= 15 is 0 Å². The lowest BCUT2D eigenvalue weighted by molar-refractivity contribution is 0.0595. The molecule has 0 amide bonds. The second-order valence-corrected chi connectivity index (χ2v) is 5.69. The van der Waals surface area contributed by atoms with Crippen molar-refractivity contribution in [2.45, 2.75) is 25.3 Å². The Kier molecular flexibility index (Phi) is 5.31. The van der Waals surface area contributed by atoms with Gasteiger partial charge in [0.15, 0.2) is 5.75 Å². The molecule has 116 valence electrons. The molecular weight excluding hydrogens is 292 g/mol. The molecule has 0 saturated carbocycles. The monoisotopic (exact) mass is 312 g/mol. The molecule has 0 aliphatic carbocycles. The predicted octanol–water partition coefficient (Wildman–Crippen LogP) is 2.57. The number of rotatable bonds is 5. The largest absolute Gasteiger partial charge is 0.491 e. The number of anilines is 1. The highest BCUT2D eigenvalue weighted by Gasteiger charge is 2.22. The first-order valence-electron chi connectivity index (χ1n) is 7.03. The minimum absolute atomic E-state index is 0.266. The Morgan fingerprint density at radius 1 is 1.52 bits per heavy atom. The van der Waals surface area contributed by atoms with Crippen molar-refractivity contribution in [1.29, 1.82) is 0 Å². The Morgan fingerprint density at radius 2 is 2.29 bits per heavy atom. The van der Waals surface area contributed by atoms with Crippen LogP contribution in [0.3, 0.4) is 0 Å². The highest BCUT2D eigenvalue weighted by atomic mass is 35.5.